The highest BCUT2D eigenvalue weighted by Gasteiger charge is 2.16. The molecule has 0 fully saturated rings. The van der Waals surface area contributed by atoms with Crippen LogP contribution in [-0.4, -0.2) is 24.8 Å². The summed E-state index contributed by atoms with van der Waals surface area (Å²) in [6, 6.07) is 11.2. The van der Waals surface area contributed by atoms with Gasteiger partial charge in [-0.05, 0) is 49.1 Å². The molecule has 0 aliphatic heterocycles. The molecule has 0 spiro atoms. The molecule has 0 unspecified atom stereocenters. The van der Waals surface area contributed by atoms with Gasteiger partial charge in [0.1, 0.15) is 23.7 Å². The topological polar surface area (TPSA) is 65.0 Å². The minimum absolute atomic E-state index is 0.0876. The average Bonchev–Trinajstić information content (AvgIpc) is 2.65. The summed E-state index contributed by atoms with van der Waals surface area (Å²) in [5, 5.41) is 9.46. The van der Waals surface area contributed by atoms with Crippen LogP contribution >= 0.6 is 0 Å². The number of benzene rings is 2. The van der Waals surface area contributed by atoms with Crippen molar-refractivity contribution in [3.8, 4) is 11.5 Å². The summed E-state index contributed by atoms with van der Waals surface area (Å²) in [6.07, 6.45) is 2.16. The van der Waals surface area contributed by atoms with E-state index in [1.165, 1.54) is 13.4 Å². The first-order chi connectivity index (χ1) is 13.0. The third kappa shape index (κ3) is 5.26. The normalized spacial score (nSPS) is 11.2. The van der Waals surface area contributed by atoms with Crippen LogP contribution in [0.4, 0.5) is 0 Å². The number of carboxylic acid groups (broad SMARTS) is 1. The molecule has 0 aromatic heterocycles. The van der Waals surface area contributed by atoms with Crippen molar-refractivity contribution in [3.05, 3.63) is 64.9 Å². The summed E-state index contributed by atoms with van der Waals surface area (Å²) in [6.45, 7) is 6.90. The fraction of sp³-hybridized carbons (Fsp3) is 0.318. The van der Waals surface area contributed by atoms with Crippen molar-refractivity contribution in [1.82, 2.24) is 0 Å². The smallest absolute Gasteiger partial charge is 0.339 e. The maximum Gasteiger partial charge on any atom is 0.339 e. The van der Waals surface area contributed by atoms with Crippen molar-refractivity contribution in [2.75, 3.05) is 13.7 Å². The third-order valence-corrected chi connectivity index (χ3v) is 4.08. The van der Waals surface area contributed by atoms with Gasteiger partial charge in [-0.2, -0.15) is 0 Å². The van der Waals surface area contributed by atoms with Crippen molar-refractivity contribution >= 4 is 11.5 Å². The number of hydrogen-bond acceptors (Lipinski definition) is 4. The van der Waals surface area contributed by atoms with Gasteiger partial charge in [-0.3, -0.25) is 0 Å². The summed E-state index contributed by atoms with van der Waals surface area (Å²) in [5.41, 5.74) is 3.39. The Labute approximate surface area is 160 Å². The van der Waals surface area contributed by atoms with Crippen LogP contribution in [0.2, 0.25) is 0 Å². The van der Waals surface area contributed by atoms with Crippen molar-refractivity contribution in [2.45, 2.75) is 33.8 Å². The SMILES string of the molecule is CCCOc1cc(C)cc(OCc2ccccc2C(=COC)C(=O)O)c1C. The monoisotopic (exact) mass is 370 g/mol. The van der Waals surface area contributed by atoms with E-state index in [9.17, 15) is 9.90 Å². The highest BCUT2D eigenvalue weighted by atomic mass is 16.5. The summed E-state index contributed by atoms with van der Waals surface area (Å²) in [4.78, 5) is 11.6. The molecule has 0 atom stereocenters. The molecule has 1 N–H and O–H groups in total. The standard InChI is InChI=1S/C22H26O5/c1-5-10-26-20-11-15(2)12-21(16(20)3)27-13-17-8-6-7-9-18(17)19(14-25-4)22(23)24/h6-9,11-12,14H,5,10,13H2,1-4H3,(H,23,24). The second-order valence-electron chi connectivity index (χ2n) is 6.25. The molecule has 0 saturated heterocycles. The molecule has 2 aromatic rings. The number of ether oxygens (including phenoxy) is 3. The van der Waals surface area contributed by atoms with Crippen LogP contribution in [0.15, 0.2) is 42.7 Å². The minimum Gasteiger partial charge on any atom is -0.503 e. The van der Waals surface area contributed by atoms with Crippen molar-refractivity contribution < 1.29 is 24.1 Å². The summed E-state index contributed by atoms with van der Waals surface area (Å²) < 4.78 is 16.8. The molecule has 2 aromatic carbocycles. The Hall–Kier alpha value is -2.95. The van der Waals surface area contributed by atoms with Crippen LogP contribution in [0.3, 0.4) is 0 Å². The van der Waals surface area contributed by atoms with Crippen LogP contribution < -0.4 is 9.47 Å². The maximum absolute atomic E-state index is 11.6. The number of aliphatic carboxylic acids is 1. The van der Waals surface area contributed by atoms with Gasteiger partial charge in [-0.1, -0.05) is 31.2 Å². The first-order valence-electron chi connectivity index (χ1n) is 8.89. The van der Waals surface area contributed by atoms with Crippen LogP contribution in [0.1, 0.15) is 35.6 Å². The van der Waals surface area contributed by atoms with Gasteiger partial charge in [0.05, 0.1) is 20.0 Å². The van der Waals surface area contributed by atoms with E-state index in [4.69, 9.17) is 14.2 Å². The molecule has 0 heterocycles. The molecule has 0 amide bonds. The molecular formula is C22H26O5. The van der Waals surface area contributed by atoms with Crippen molar-refractivity contribution in [3.63, 3.8) is 0 Å². The predicted octanol–water partition coefficient (Wildman–Crippen LogP) is 4.74. The van der Waals surface area contributed by atoms with E-state index >= 15 is 0 Å². The number of carbonyl (C=O) groups is 1. The zero-order valence-corrected chi connectivity index (χ0v) is 16.2. The Balaban J connectivity index is 2.29. The van der Waals surface area contributed by atoms with Crippen molar-refractivity contribution in [1.29, 1.82) is 0 Å². The Morgan fingerprint density at radius 3 is 2.41 bits per heavy atom. The lowest BCUT2D eigenvalue weighted by Gasteiger charge is -2.16. The fourth-order valence-corrected chi connectivity index (χ4v) is 2.72. The first-order valence-corrected chi connectivity index (χ1v) is 8.89. The van der Waals surface area contributed by atoms with Gasteiger partial charge >= 0.3 is 5.97 Å². The molecule has 144 valence electrons. The summed E-state index contributed by atoms with van der Waals surface area (Å²) in [5.74, 6) is 0.487. The Morgan fingerprint density at radius 2 is 1.78 bits per heavy atom. The van der Waals surface area contributed by atoms with Crippen LogP contribution in [-0.2, 0) is 16.1 Å². The van der Waals surface area contributed by atoms with E-state index in [0.717, 1.165) is 34.6 Å². The molecule has 27 heavy (non-hydrogen) atoms. The molecule has 0 aliphatic rings. The van der Waals surface area contributed by atoms with E-state index < -0.39 is 5.97 Å². The van der Waals surface area contributed by atoms with Crippen LogP contribution in [0.5, 0.6) is 11.5 Å². The Kier molecular flexibility index (Phi) is 7.29. The number of rotatable bonds is 9. The molecule has 0 bridgehead atoms. The molecule has 0 radical (unpaired) electrons. The van der Waals surface area contributed by atoms with E-state index in [-0.39, 0.29) is 12.2 Å². The van der Waals surface area contributed by atoms with E-state index in [2.05, 4.69) is 6.92 Å². The fourth-order valence-electron chi connectivity index (χ4n) is 2.72. The van der Waals surface area contributed by atoms with E-state index in [0.29, 0.717) is 12.2 Å². The maximum atomic E-state index is 11.6. The number of aryl methyl sites for hydroxylation is 1. The molecule has 5 nitrogen and oxygen atoms in total. The lowest BCUT2D eigenvalue weighted by Crippen LogP contribution is -2.07. The zero-order valence-electron chi connectivity index (χ0n) is 16.2. The predicted molar refractivity (Wildman–Crippen MR) is 105 cm³/mol. The van der Waals surface area contributed by atoms with Gasteiger partial charge < -0.3 is 19.3 Å². The minimum atomic E-state index is -1.05. The van der Waals surface area contributed by atoms with Gasteiger partial charge in [0.25, 0.3) is 0 Å². The van der Waals surface area contributed by atoms with Gasteiger partial charge in [0.15, 0.2) is 0 Å². The Bertz CT molecular complexity index is 823. The molecule has 5 heteroatoms. The second kappa shape index (κ2) is 9.67. The molecule has 2 rings (SSSR count). The first kappa shape index (κ1) is 20.4. The number of carboxylic acids is 1. The number of methoxy groups -OCH3 is 1. The van der Waals surface area contributed by atoms with Crippen LogP contribution in [0, 0.1) is 13.8 Å². The third-order valence-electron chi connectivity index (χ3n) is 4.08. The van der Waals surface area contributed by atoms with Crippen molar-refractivity contribution in [2.24, 2.45) is 0 Å². The molecular weight excluding hydrogens is 344 g/mol. The quantitative estimate of drug-likeness (QED) is 0.510. The molecule has 0 aliphatic carbocycles. The van der Waals surface area contributed by atoms with Gasteiger partial charge in [-0.15, -0.1) is 0 Å². The highest BCUT2D eigenvalue weighted by molar-refractivity contribution is 6.15. The lowest BCUT2D eigenvalue weighted by molar-refractivity contribution is -0.130. The van der Waals surface area contributed by atoms with Crippen LogP contribution in [0.25, 0.3) is 5.57 Å². The lowest BCUT2D eigenvalue weighted by atomic mass is 10.0. The second-order valence-corrected chi connectivity index (χ2v) is 6.25. The summed E-state index contributed by atoms with van der Waals surface area (Å²) >= 11 is 0. The van der Waals surface area contributed by atoms with E-state index in [1.54, 1.807) is 12.1 Å². The molecule has 0 saturated carbocycles. The number of hydrogen-bond donors (Lipinski definition) is 1. The van der Waals surface area contributed by atoms with Gasteiger partial charge in [0, 0.05) is 5.56 Å². The average molecular weight is 370 g/mol. The van der Waals surface area contributed by atoms with Gasteiger partial charge in [-0.25, -0.2) is 4.79 Å². The largest absolute Gasteiger partial charge is 0.503 e. The van der Waals surface area contributed by atoms with E-state index in [1.807, 2.05) is 38.1 Å². The zero-order chi connectivity index (χ0) is 19.8. The van der Waals surface area contributed by atoms with Gasteiger partial charge in [0.2, 0.25) is 0 Å². The summed E-state index contributed by atoms with van der Waals surface area (Å²) in [7, 11) is 1.43. The Morgan fingerprint density at radius 1 is 1.11 bits per heavy atom. The highest BCUT2D eigenvalue weighted by Crippen LogP contribution is 2.31.